The van der Waals surface area contributed by atoms with Crippen LogP contribution in [-0.4, -0.2) is 11.6 Å². The Kier molecular flexibility index (Phi) is 2.34. The number of nitrogen functional groups attached to an aromatic ring is 1. The summed E-state index contributed by atoms with van der Waals surface area (Å²) in [6.07, 6.45) is 7.21. The van der Waals surface area contributed by atoms with Crippen LogP contribution < -0.4 is 10.5 Å². The lowest BCUT2D eigenvalue weighted by Crippen LogP contribution is -2.01. The van der Waals surface area contributed by atoms with Gasteiger partial charge in [-0.2, -0.15) is 0 Å². The van der Waals surface area contributed by atoms with Crippen LogP contribution >= 0.6 is 0 Å². The molecule has 0 radical (unpaired) electrons. The number of hydrogen-bond donors (Lipinski definition) is 1. The quantitative estimate of drug-likeness (QED) is 0.765. The molecule has 70 valence electrons. The molecule has 1 aromatic rings. The molecule has 1 aromatic heterocycles. The molecule has 2 rings (SSSR count). The maximum Gasteiger partial charge on any atom is 0.145 e. The van der Waals surface area contributed by atoms with Crippen LogP contribution in [0.25, 0.3) is 0 Å². The number of hydrogen-bond acceptors (Lipinski definition) is 3. The van der Waals surface area contributed by atoms with E-state index in [0.717, 1.165) is 24.7 Å². The molecule has 13 heavy (non-hydrogen) atoms. The van der Waals surface area contributed by atoms with E-state index < -0.39 is 0 Å². The summed E-state index contributed by atoms with van der Waals surface area (Å²) >= 11 is 0. The summed E-state index contributed by atoms with van der Waals surface area (Å²) in [4.78, 5) is 3.90. The van der Waals surface area contributed by atoms with Gasteiger partial charge in [0.1, 0.15) is 5.75 Å². The predicted molar refractivity (Wildman–Crippen MR) is 51.5 cm³/mol. The van der Waals surface area contributed by atoms with Gasteiger partial charge in [0.2, 0.25) is 0 Å². The van der Waals surface area contributed by atoms with Gasteiger partial charge in [0.05, 0.1) is 18.5 Å². The maximum atomic E-state index is 5.67. The fraction of sp³-hybridized carbons (Fsp3) is 0.500. The van der Waals surface area contributed by atoms with Crippen molar-refractivity contribution in [2.24, 2.45) is 5.92 Å². The minimum absolute atomic E-state index is 0.623. The summed E-state index contributed by atoms with van der Waals surface area (Å²) in [5, 5.41) is 0. The molecule has 3 heteroatoms. The highest BCUT2D eigenvalue weighted by Gasteiger charge is 2.20. The summed E-state index contributed by atoms with van der Waals surface area (Å²) in [6.45, 7) is 0.777. The first kappa shape index (κ1) is 8.35. The Hall–Kier alpha value is -1.25. The summed E-state index contributed by atoms with van der Waals surface area (Å²) in [6, 6.07) is 1.81. The number of aromatic nitrogens is 1. The Morgan fingerprint density at radius 3 is 3.08 bits per heavy atom. The molecule has 0 spiro atoms. The van der Waals surface area contributed by atoms with E-state index in [2.05, 4.69) is 4.98 Å². The minimum atomic E-state index is 0.623. The van der Waals surface area contributed by atoms with Crippen LogP contribution in [0.2, 0.25) is 0 Å². The number of pyridine rings is 1. The van der Waals surface area contributed by atoms with E-state index in [4.69, 9.17) is 10.5 Å². The highest BCUT2D eigenvalue weighted by molar-refractivity contribution is 5.49. The summed E-state index contributed by atoms with van der Waals surface area (Å²) < 4.78 is 5.52. The number of nitrogens with zero attached hydrogens (tertiary/aromatic N) is 1. The van der Waals surface area contributed by atoms with E-state index in [1.807, 2.05) is 6.07 Å². The van der Waals surface area contributed by atoms with Crippen molar-refractivity contribution < 1.29 is 4.74 Å². The fourth-order valence-corrected chi connectivity index (χ4v) is 1.27. The van der Waals surface area contributed by atoms with Crippen molar-refractivity contribution in [3.05, 3.63) is 18.5 Å². The zero-order valence-electron chi connectivity index (χ0n) is 7.57. The van der Waals surface area contributed by atoms with Gasteiger partial charge in [0.15, 0.2) is 0 Å². The molecular formula is C10H14N2O. The van der Waals surface area contributed by atoms with Gasteiger partial charge >= 0.3 is 0 Å². The van der Waals surface area contributed by atoms with Gasteiger partial charge in [-0.3, -0.25) is 4.98 Å². The first-order valence-electron chi connectivity index (χ1n) is 4.68. The van der Waals surface area contributed by atoms with Crippen LogP contribution in [0.15, 0.2) is 18.5 Å². The van der Waals surface area contributed by atoms with Gasteiger partial charge in [0.25, 0.3) is 0 Å². The van der Waals surface area contributed by atoms with Gasteiger partial charge in [-0.15, -0.1) is 0 Å². The van der Waals surface area contributed by atoms with E-state index in [1.165, 1.54) is 12.8 Å². The molecule has 1 aliphatic carbocycles. The molecule has 0 unspecified atom stereocenters. The third kappa shape index (κ3) is 2.34. The van der Waals surface area contributed by atoms with Crippen molar-refractivity contribution in [2.75, 3.05) is 12.3 Å². The average molecular weight is 178 g/mol. The van der Waals surface area contributed by atoms with Crippen LogP contribution in [-0.2, 0) is 0 Å². The third-order valence-electron chi connectivity index (χ3n) is 2.29. The molecule has 0 atom stereocenters. The van der Waals surface area contributed by atoms with Crippen molar-refractivity contribution in [2.45, 2.75) is 19.3 Å². The number of nitrogens with two attached hydrogens (primary N) is 1. The lowest BCUT2D eigenvalue weighted by molar-refractivity contribution is 0.304. The highest BCUT2D eigenvalue weighted by Crippen LogP contribution is 2.32. The number of anilines is 1. The van der Waals surface area contributed by atoms with Gasteiger partial charge in [-0.1, -0.05) is 12.8 Å². The van der Waals surface area contributed by atoms with Gasteiger partial charge in [0, 0.05) is 12.3 Å². The summed E-state index contributed by atoms with van der Waals surface area (Å²) in [7, 11) is 0. The van der Waals surface area contributed by atoms with Crippen molar-refractivity contribution in [1.82, 2.24) is 4.98 Å². The lowest BCUT2D eigenvalue weighted by Gasteiger charge is -2.06. The Labute approximate surface area is 77.9 Å². The van der Waals surface area contributed by atoms with Crippen molar-refractivity contribution in [3.63, 3.8) is 0 Å². The van der Waals surface area contributed by atoms with Crippen LogP contribution in [0.1, 0.15) is 19.3 Å². The van der Waals surface area contributed by atoms with Crippen molar-refractivity contribution in [1.29, 1.82) is 0 Å². The van der Waals surface area contributed by atoms with Gasteiger partial charge in [-0.25, -0.2) is 0 Å². The van der Waals surface area contributed by atoms with E-state index in [1.54, 1.807) is 12.4 Å². The zero-order valence-corrected chi connectivity index (χ0v) is 7.57. The molecule has 0 bridgehead atoms. The second-order valence-corrected chi connectivity index (χ2v) is 3.49. The summed E-state index contributed by atoms with van der Waals surface area (Å²) in [5.41, 5.74) is 6.29. The number of rotatable bonds is 4. The fourth-order valence-electron chi connectivity index (χ4n) is 1.27. The minimum Gasteiger partial charge on any atom is -0.491 e. The molecular weight excluding hydrogens is 164 g/mol. The van der Waals surface area contributed by atoms with Crippen LogP contribution in [0.4, 0.5) is 5.69 Å². The van der Waals surface area contributed by atoms with Crippen LogP contribution in [0.5, 0.6) is 5.75 Å². The lowest BCUT2D eigenvalue weighted by atomic mass is 10.3. The first-order valence-corrected chi connectivity index (χ1v) is 4.68. The zero-order chi connectivity index (χ0) is 9.10. The Morgan fingerprint density at radius 2 is 2.38 bits per heavy atom. The van der Waals surface area contributed by atoms with Crippen molar-refractivity contribution in [3.8, 4) is 5.75 Å². The molecule has 2 N–H and O–H groups in total. The highest BCUT2D eigenvalue weighted by atomic mass is 16.5. The molecule has 0 aliphatic heterocycles. The SMILES string of the molecule is Nc1cnccc1OCCC1CC1. The maximum absolute atomic E-state index is 5.67. The monoisotopic (exact) mass is 178 g/mol. The Morgan fingerprint density at radius 1 is 1.54 bits per heavy atom. The topological polar surface area (TPSA) is 48.1 Å². The Balaban J connectivity index is 1.82. The predicted octanol–water partition coefficient (Wildman–Crippen LogP) is 1.84. The largest absolute Gasteiger partial charge is 0.491 e. The molecule has 1 fully saturated rings. The molecule has 0 saturated heterocycles. The van der Waals surface area contributed by atoms with Gasteiger partial charge < -0.3 is 10.5 Å². The standard InChI is InChI=1S/C10H14N2O/c11-9-7-12-5-3-10(9)13-6-4-8-1-2-8/h3,5,7-8H,1-2,4,6,11H2. The molecule has 3 nitrogen and oxygen atoms in total. The normalized spacial score (nSPS) is 15.7. The number of ether oxygens (including phenoxy) is 1. The van der Waals surface area contributed by atoms with Crippen molar-refractivity contribution >= 4 is 5.69 Å². The van der Waals surface area contributed by atoms with E-state index in [-0.39, 0.29) is 0 Å². The molecule has 1 heterocycles. The first-order chi connectivity index (χ1) is 6.36. The molecule has 1 saturated carbocycles. The second kappa shape index (κ2) is 3.64. The van der Waals surface area contributed by atoms with Crippen LogP contribution in [0.3, 0.4) is 0 Å². The average Bonchev–Trinajstić information content (AvgIpc) is 2.92. The third-order valence-corrected chi connectivity index (χ3v) is 2.29. The van der Waals surface area contributed by atoms with E-state index in [0.29, 0.717) is 5.69 Å². The second-order valence-electron chi connectivity index (χ2n) is 3.49. The van der Waals surface area contributed by atoms with E-state index in [9.17, 15) is 0 Å². The van der Waals surface area contributed by atoms with Gasteiger partial charge in [-0.05, 0) is 12.3 Å². The Bertz CT molecular complexity index is 284. The molecule has 0 amide bonds. The summed E-state index contributed by atoms with van der Waals surface area (Å²) in [5.74, 6) is 1.67. The van der Waals surface area contributed by atoms with Crippen LogP contribution in [0, 0.1) is 5.92 Å². The molecule has 0 aromatic carbocycles. The molecule has 1 aliphatic rings. The van der Waals surface area contributed by atoms with E-state index >= 15 is 0 Å². The smallest absolute Gasteiger partial charge is 0.145 e.